The van der Waals surface area contributed by atoms with Crippen LogP contribution in [0.5, 0.6) is 0 Å². The van der Waals surface area contributed by atoms with Crippen molar-refractivity contribution in [2.45, 2.75) is 43.8 Å². The Morgan fingerprint density at radius 2 is 2.07 bits per heavy atom. The zero-order chi connectivity index (χ0) is 11.9. The summed E-state index contributed by atoms with van der Waals surface area (Å²) in [4.78, 5) is 0. The van der Waals surface area contributed by atoms with Crippen LogP contribution in [-0.2, 0) is 0 Å². The fraction of sp³-hybridized carbons (Fsp3) is 0.750. The van der Waals surface area contributed by atoms with Gasteiger partial charge in [0.25, 0.3) is 0 Å². The molecular weight excluding hydrogens is 218 g/mol. The minimum Gasteiger partial charge on any atom is -0.198 e. The maximum Gasteiger partial charge on any atom is 0.0764 e. The zero-order valence-corrected chi connectivity index (χ0v) is 12.3. The van der Waals surface area contributed by atoms with Gasteiger partial charge < -0.3 is 0 Å². The van der Waals surface area contributed by atoms with Crippen LogP contribution in [0.15, 0.2) is 12.2 Å². The maximum absolute atomic E-state index is 9.34. The van der Waals surface area contributed by atoms with Gasteiger partial charge in [-0.3, -0.25) is 0 Å². The summed E-state index contributed by atoms with van der Waals surface area (Å²) >= 11 is 1.84. The van der Waals surface area contributed by atoms with Gasteiger partial charge in [0.1, 0.15) is 0 Å². The van der Waals surface area contributed by atoms with Crippen LogP contribution in [0.1, 0.15) is 13.3 Å². The number of hydrogen-bond acceptors (Lipinski definition) is 2. The summed E-state index contributed by atoms with van der Waals surface area (Å²) in [6.45, 7) is 13.4. The van der Waals surface area contributed by atoms with Crippen molar-refractivity contribution >= 4 is 19.8 Å². The van der Waals surface area contributed by atoms with Gasteiger partial charge in [-0.2, -0.15) is 17.0 Å². The third-order valence-electron chi connectivity index (χ3n) is 3.40. The van der Waals surface area contributed by atoms with E-state index in [2.05, 4.69) is 45.5 Å². The average Bonchev–Trinajstić information content (AvgIpc) is 2.12. The highest BCUT2D eigenvalue weighted by Crippen LogP contribution is 2.63. The molecule has 0 bridgehead atoms. The van der Waals surface area contributed by atoms with Gasteiger partial charge in [-0.1, -0.05) is 31.8 Å². The van der Waals surface area contributed by atoms with Crippen molar-refractivity contribution in [2.24, 2.45) is 5.41 Å². The summed E-state index contributed by atoms with van der Waals surface area (Å²) in [6, 6.07) is 3.68. The lowest BCUT2D eigenvalue weighted by Gasteiger charge is -2.57. The van der Waals surface area contributed by atoms with Gasteiger partial charge in [0.2, 0.25) is 0 Å². The predicted octanol–water partition coefficient (Wildman–Crippen LogP) is 3.92. The summed E-state index contributed by atoms with van der Waals surface area (Å²) in [5.41, 5.74) is 1.09. The molecule has 3 heteroatoms. The molecule has 0 saturated heterocycles. The van der Waals surface area contributed by atoms with Crippen molar-refractivity contribution < 1.29 is 0 Å². The van der Waals surface area contributed by atoms with E-state index < -0.39 is 8.07 Å². The zero-order valence-electron chi connectivity index (χ0n) is 10.5. The third kappa shape index (κ3) is 1.90. The van der Waals surface area contributed by atoms with Crippen LogP contribution in [0.3, 0.4) is 0 Å². The van der Waals surface area contributed by atoms with Gasteiger partial charge in [0.05, 0.1) is 16.2 Å². The molecule has 15 heavy (non-hydrogen) atoms. The lowest BCUT2D eigenvalue weighted by atomic mass is 9.59. The van der Waals surface area contributed by atoms with E-state index >= 15 is 0 Å². The summed E-state index contributed by atoms with van der Waals surface area (Å²) in [5.74, 6) is 0. The van der Waals surface area contributed by atoms with Crippen LogP contribution in [0, 0.1) is 16.7 Å². The topological polar surface area (TPSA) is 23.8 Å². The quantitative estimate of drug-likeness (QED) is 0.550. The van der Waals surface area contributed by atoms with E-state index in [9.17, 15) is 5.26 Å². The standard InChI is InChI=1S/C12H21NSSi/c1-10-7-11(2,8-13)12(10,14-3)9-15(4,5)6/h1,7,9H2,2-6H3. The minimum atomic E-state index is -1.16. The second-order valence-electron chi connectivity index (χ2n) is 5.99. The number of hydrogen-bond donors (Lipinski definition) is 0. The first-order valence-electron chi connectivity index (χ1n) is 5.35. The molecule has 1 saturated carbocycles. The third-order valence-corrected chi connectivity index (χ3v) is 6.83. The van der Waals surface area contributed by atoms with E-state index in [1.165, 1.54) is 11.6 Å². The Bertz CT molecular complexity index is 325. The van der Waals surface area contributed by atoms with Crippen molar-refractivity contribution in [1.82, 2.24) is 0 Å². The van der Waals surface area contributed by atoms with Crippen LogP contribution in [0.4, 0.5) is 0 Å². The molecule has 1 aliphatic carbocycles. The molecular formula is C12H21NSSi. The van der Waals surface area contributed by atoms with E-state index in [1.54, 1.807) is 0 Å². The second kappa shape index (κ2) is 3.67. The number of nitrogens with zero attached hydrogens (tertiary/aromatic N) is 1. The Balaban J connectivity index is 3.04. The first-order chi connectivity index (χ1) is 6.71. The highest BCUT2D eigenvalue weighted by Gasteiger charge is 2.60. The van der Waals surface area contributed by atoms with Gasteiger partial charge >= 0.3 is 0 Å². The van der Waals surface area contributed by atoms with Crippen molar-refractivity contribution in [2.75, 3.05) is 6.26 Å². The molecule has 0 aliphatic heterocycles. The average molecular weight is 239 g/mol. The first-order valence-corrected chi connectivity index (χ1v) is 10.3. The molecule has 0 aromatic heterocycles. The number of rotatable bonds is 3. The molecule has 2 unspecified atom stereocenters. The number of thioether (sulfide) groups is 1. The molecule has 0 aromatic carbocycles. The largest absolute Gasteiger partial charge is 0.198 e. The Morgan fingerprint density at radius 3 is 2.33 bits per heavy atom. The van der Waals surface area contributed by atoms with Gasteiger partial charge in [-0.15, -0.1) is 0 Å². The van der Waals surface area contributed by atoms with E-state index in [1.807, 2.05) is 11.8 Å². The van der Waals surface area contributed by atoms with Crippen molar-refractivity contribution in [3.05, 3.63) is 12.2 Å². The molecule has 0 radical (unpaired) electrons. The predicted molar refractivity (Wildman–Crippen MR) is 71.9 cm³/mol. The molecule has 1 aliphatic rings. The summed E-state index contributed by atoms with van der Waals surface area (Å²) in [5, 5.41) is 9.34. The molecule has 0 aromatic rings. The summed E-state index contributed by atoms with van der Waals surface area (Å²) in [6.07, 6.45) is 3.01. The molecule has 0 spiro atoms. The van der Waals surface area contributed by atoms with Crippen LogP contribution < -0.4 is 0 Å². The van der Waals surface area contributed by atoms with Gasteiger partial charge in [-0.05, 0) is 25.6 Å². The first kappa shape index (κ1) is 12.9. The molecule has 1 fully saturated rings. The van der Waals surface area contributed by atoms with Crippen molar-refractivity contribution in [3.8, 4) is 6.07 Å². The SMILES string of the molecule is C=C1CC(C)(C#N)C1(C[Si](C)(C)C)SC. The Hall–Kier alpha value is -0.203. The number of nitriles is 1. The molecule has 1 rings (SSSR count). The Labute approximate surface area is 99.0 Å². The smallest absolute Gasteiger partial charge is 0.0764 e. The highest BCUT2D eigenvalue weighted by atomic mass is 32.2. The van der Waals surface area contributed by atoms with Crippen LogP contribution >= 0.6 is 11.8 Å². The van der Waals surface area contributed by atoms with Gasteiger partial charge in [-0.25, -0.2) is 0 Å². The van der Waals surface area contributed by atoms with E-state index in [4.69, 9.17) is 0 Å². The Kier molecular flexibility index (Phi) is 3.15. The highest BCUT2D eigenvalue weighted by molar-refractivity contribution is 8.00. The van der Waals surface area contributed by atoms with Gasteiger partial charge in [0, 0.05) is 8.07 Å². The van der Waals surface area contributed by atoms with E-state index in [-0.39, 0.29) is 10.2 Å². The van der Waals surface area contributed by atoms with Crippen molar-refractivity contribution in [1.29, 1.82) is 5.26 Å². The lowest BCUT2D eigenvalue weighted by Crippen LogP contribution is -2.56. The molecule has 84 valence electrons. The van der Waals surface area contributed by atoms with Crippen LogP contribution in [-0.4, -0.2) is 19.1 Å². The molecule has 1 nitrogen and oxygen atoms in total. The second-order valence-corrected chi connectivity index (χ2v) is 12.6. The van der Waals surface area contributed by atoms with E-state index in [0.29, 0.717) is 0 Å². The van der Waals surface area contributed by atoms with Gasteiger partial charge in [0.15, 0.2) is 0 Å². The molecule has 2 atom stereocenters. The fourth-order valence-electron chi connectivity index (χ4n) is 2.63. The summed E-state index contributed by atoms with van der Waals surface area (Å²) < 4.78 is 0.0340. The normalized spacial score (nSPS) is 35.9. The molecule has 0 amide bonds. The van der Waals surface area contributed by atoms with E-state index in [0.717, 1.165) is 6.42 Å². The summed E-state index contributed by atoms with van der Waals surface area (Å²) in [7, 11) is -1.16. The maximum atomic E-state index is 9.34. The minimum absolute atomic E-state index is 0.0340. The molecule has 0 N–H and O–H groups in total. The van der Waals surface area contributed by atoms with Crippen molar-refractivity contribution in [3.63, 3.8) is 0 Å². The lowest BCUT2D eigenvalue weighted by molar-refractivity contribution is 0.261. The van der Waals surface area contributed by atoms with Crippen LogP contribution in [0.25, 0.3) is 0 Å². The van der Waals surface area contributed by atoms with Crippen LogP contribution in [0.2, 0.25) is 25.7 Å². The Morgan fingerprint density at radius 1 is 1.53 bits per heavy atom. The monoisotopic (exact) mass is 239 g/mol. The molecule has 0 heterocycles. The fourth-order valence-corrected chi connectivity index (χ4v) is 7.57.